The van der Waals surface area contributed by atoms with Gasteiger partial charge in [-0.3, -0.25) is 0 Å². The second-order valence-electron chi connectivity index (χ2n) is 8.24. The molecule has 1 saturated heterocycles. The molecule has 0 amide bonds. The molecule has 34 heavy (non-hydrogen) atoms. The molecule has 174 valence electrons. The summed E-state index contributed by atoms with van der Waals surface area (Å²) in [6.45, 7) is 3.70. The highest BCUT2D eigenvalue weighted by molar-refractivity contribution is 5.74. The van der Waals surface area contributed by atoms with Gasteiger partial charge in [-0.2, -0.15) is 23.7 Å². The number of nitrogens with two attached hydrogens (primary N) is 1. The summed E-state index contributed by atoms with van der Waals surface area (Å²) >= 11 is 0. The predicted molar refractivity (Wildman–Crippen MR) is 121 cm³/mol. The van der Waals surface area contributed by atoms with Crippen molar-refractivity contribution >= 4 is 11.4 Å². The topological polar surface area (TPSA) is 89.3 Å². The summed E-state index contributed by atoms with van der Waals surface area (Å²) in [5.41, 5.74) is 7.36. The van der Waals surface area contributed by atoms with E-state index in [1.54, 1.807) is 0 Å². The van der Waals surface area contributed by atoms with Crippen LogP contribution in [0.3, 0.4) is 0 Å². The molecule has 0 aliphatic carbocycles. The second-order valence-corrected chi connectivity index (χ2v) is 8.24. The second kappa shape index (κ2) is 9.12. The first-order valence-electron chi connectivity index (χ1n) is 10.7. The number of nitrogens with zero attached hydrogens (tertiary/aromatic N) is 4. The zero-order valence-electron chi connectivity index (χ0n) is 18.4. The van der Waals surface area contributed by atoms with E-state index < -0.39 is 17.7 Å². The lowest BCUT2D eigenvalue weighted by molar-refractivity contribution is -0.137. The third-order valence-electron chi connectivity index (χ3n) is 6.11. The smallest absolute Gasteiger partial charge is 0.416 e. The van der Waals surface area contributed by atoms with Crippen LogP contribution >= 0.6 is 0 Å². The minimum atomic E-state index is -4.49. The molecule has 2 heterocycles. The van der Waals surface area contributed by atoms with Gasteiger partial charge in [0.15, 0.2) is 5.76 Å². The van der Waals surface area contributed by atoms with Crippen molar-refractivity contribution in [2.24, 2.45) is 5.73 Å². The summed E-state index contributed by atoms with van der Waals surface area (Å²) in [6.07, 6.45) is -4.49. The van der Waals surface area contributed by atoms with Gasteiger partial charge in [0.25, 0.3) is 0 Å². The van der Waals surface area contributed by atoms with Crippen LogP contribution < -0.4 is 10.6 Å². The molecule has 2 aliphatic heterocycles. The Labute approximate surface area is 195 Å². The van der Waals surface area contributed by atoms with Crippen molar-refractivity contribution in [1.82, 2.24) is 4.90 Å². The first-order valence-corrected chi connectivity index (χ1v) is 10.7. The van der Waals surface area contributed by atoms with Gasteiger partial charge in [0.1, 0.15) is 11.6 Å². The molecule has 2 aliphatic rings. The van der Waals surface area contributed by atoms with Crippen LogP contribution in [0.25, 0.3) is 5.76 Å². The standard InChI is InChI=1S/C25H22F3N5O/c1-32-10-12-33(13-11-32)19-8-4-16(5-9-19)22-20(14-29)23(34-24(31)21(22)15-30)17-2-6-18(7-3-17)25(26,27)28/h2-9,22H,10-13,31H2,1H3. The molecule has 0 radical (unpaired) electrons. The van der Waals surface area contributed by atoms with Gasteiger partial charge < -0.3 is 20.3 Å². The Kier molecular flexibility index (Phi) is 6.23. The lowest BCUT2D eigenvalue weighted by Gasteiger charge is -2.34. The van der Waals surface area contributed by atoms with Crippen LogP contribution in [0.2, 0.25) is 0 Å². The molecule has 0 saturated carbocycles. The van der Waals surface area contributed by atoms with E-state index in [0.29, 0.717) is 5.56 Å². The highest BCUT2D eigenvalue weighted by Crippen LogP contribution is 2.42. The minimum absolute atomic E-state index is 0.0425. The summed E-state index contributed by atoms with van der Waals surface area (Å²) < 4.78 is 44.5. The molecular weight excluding hydrogens is 443 g/mol. The first kappa shape index (κ1) is 23.2. The fraction of sp³-hybridized carbons (Fsp3) is 0.280. The van der Waals surface area contributed by atoms with E-state index in [2.05, 4.69) is 22.9 Å². The van der Waals surface area contributed by atoms with Crippen molar-refractivity contribution in [2.75, 3.05) is 38.1 Å². The number of nitriles is 2. The predicted octanol–water partition coefficient (Wildman–Crippen LogP) is 4.20. The number of alkyl halides is 3. The number of ether oxygens (including phenoxy) is 1. The first-order chi connectivity index (χ1) is 16.2. The van der Waals surface area contributed by atoms with E-state index in [1.165, 1.54) is 12.1 Å². The molecule has 2 N–H and O–H groups in total. The summed E-state index contributed by atoms with van der Waals surface area (Å²) in [6, 6.07) is 16.0. The van der Waals surface area contributed by atoms with Crippen molar-refractivity contribution in [3.63, 3.8) is 0 Å². The Hall–Kier alpha value is -3.95. The molecule has 9 heteroatoms. The molecule has 2 aromatic carbocycles. The SMILES string of the molecule is CN1CCN(c2ccc(C3C(C#N)=C(N)OC(c4ccc(C(F)(F)F)cc4)=C3C#N)cc2)CC1. The number of hydrogen-bond donors (Lipinski definition) is 1. The van der Waals surface area contributed by atoms with Gasteiger partial charge in [0, 0.05) is 37.4 Å². The van der Waals surface area contributed by atoms with Crippen LogP contribution in [0.15, 0.2) is 65.6 Å². The number of piperazine rings is 1. The number of allylic oxidation sites excluding steroid dienone is 2. The zero-order valence-corrected chi connectivity index (χ0v) is 18.4. The number of likely N-dealkylation sites (N-methyl/N-ethyl adjacent to an activating group) is 1. The molecule has 0 bridgehead atoms. The molecule has 1 unspecified atom stereocenters. The lowest BCUT2D eigenvalue weighted by Crippen LogP contribution is -2.44. The third kappa shape index (κ3) is 4.43. The van der Waals surface area contributed by atoms with Crippen LogP contribution in [0.5, 0.6) is 0 Å². The monoisotopic (exact) mass is 465 g/mol. The van der Waals surface area contributed by atoms with Crippen molar-refractivity contribution in [2.45, 2.75) is 12.1 Å². The van der Waals surface area contributed by atoms with Gasteiger partial charge in [-0.15, -0.1) is 0 Å². The quantitative estimate of drug-likeness (QED) is 0.731. The van der Waals surface area contributed by atoms with Gasteiger partial charge in [-0.05, 0) is 36.9 Å². The van der Waals surface area contributed by atoms with Crippen molar-refractivity contribution in [1.29, 1.82) is 10.5 Å². The zero-order chi connectivity index (χ0) is 24.5. The molecule has 6 nitrogen and oxygen atoms in total. The fourth-order valence-electron chi connectivity index (χ4n) is 4.17. The maximum Gasteiger partial charge on any atom is 0.416 e. The Morgan fingerprint density at radius 3 is 2.03 bits per heavy atom. The highest BCUT2D eigenvalue weighted by Gasteiger charge is 2.35. The largest absolute Gasteiger partial charge is 0.439 e. The summed E-state index contributed by atoms with van der Waals surface area (Å²) in [5, 5.41) is 19.7. The van der Waals surface area contributed by atoms with Gasteiger partial charge >= 0.3 is 6.18 Å². The minimum Gasteiger partial charge on any atom is -0.439 e. The molecule has 0 aromatic heterocycles. The van der Waals surface area contributed by atoms with Crippen LogP contribution in [0.1, 0.15) is 22.6 Å². The summed E-state index contributed by atoms with van der Waals surface area (Å²) in [4.78, 5) is 4.52. The van der Waals surface area contributed by atoms with Crippen LogP contribution in [-0.4, -0.2) is 38.1 Å². The highest BCUT2D eigenvalue weighted by atomic mass is 19.4. The summed E-state index contributed by atoms with van der Waals surface area (Å²) in [7, 11) is 2.08. The number of rotatable bonds is 3. The third-order valence-corrected chi connectivity index (χ3v) is 6.11. The Balaban J connectivity index is 1.72. The average Bonchev–Trinajstić information content (AvgIpc) is 2.83. The Morgan fingerprint density at radius 1 is 0.912 bits per heavy atom. The fourth-order valence-corrected chi connectivity index (χ4v) is 4.17. The molecule has 1 atom stereocenters. The number of hydrogen-bond acceptors (Lipinski definition) is 6. The van der Waals surface area contributed by atoms with E-state index >= 15 is 0 Å². The Morgan fingerprint density at radius 2 is 1.50 bits per heavy atom. The van der Waals surface area contributed by atoms with Gasteiger partial charge in [-0.25, -0.2) is 0 Å². The number of benzene rings is 2. The lowest BCUT2D eigenvalue weighted by atomic mass is 9.82. The van der Waals surface area contributed by atoms with Gasteiger partial charge in [-0.1, -0.05) is 24.3 Å². The summed E-state index contributed by atoms with van der Waals surface area (Å²) in [5.74, 6) is -0.923. The molecular formula is C25H22F3N5O. The van der Waals surface area contributed by atoms with Gasteiger partial charge in [0.2, 0.25) is 5.88 Å². The molecule has 4 rings (SSSR count). The molecule has 1 fully saturated rings. The number of anilines is 1. The average molecular weight is 465 g/mol. The molecule has 0 spiro atoms. The van der Waals surface area contributed by atoms with E-state index in [-0.39, 0.29) is 28.4 Å². The molecule has 2 aromatic rings. The Bertz CT molecular complexity index is 1210. The maximum absolute atomic E-state index is 13.0. The van der Waals surface area contributed by atoms with E-state index in [9.17, 15) is 23.7 Å². The number of halogens is 3. The van der Waals surface area contributed by atoms with Crippen LogP contribution in [-0.2, 0) is 10.9 Å². The maximum atomic E-state index is 13.0. The van der Waals surface area contributed by atoms with Crippen LogP contribution in [0, 0.1) is 22.7 Å². The van der Waals surface area contributed by atoms with Crippen LogP contribution in [0.4, 0.5) is 18.9 Å². The van der Waals surface area contributed by atoms with Gasteiger partial charge in [0.05, 0.1) is 23.1 Å². The van der Waals surface area contributed by atoms with E-state index in [4.69, 9.17) is 10.5 Å². The van der Waals surface area contributed by atoms with Crippen molar-refractivity contribution in [3.8, 4) is 12.1 Å². The normalized spacial score (nSPS) is 19.5. The van der Waals surface area contributed by atoms with Crippen molar-refractivity contribution in [3.05, 3.63) is 82.3 Å². The van der Waals surface area contributed by atoms with E-state index in [0.717, 1.165) is 44.0 Å². The van der Waals surface area contributed by atoms with Crippen molar-refractivity contribution < 1.29 is 17.9 Å². The van der Waals surface area contributed by atoms with E-state index in [1.807, 2.05) is 30.3 Å².